The molecule has 0 unspecified atom stereocenters. The van der Waals surface area contributed by atoms with Crippen molar-refractivity contribution in [3.63, 3.8) is 0 Å². The summed E-state index contributed by atoms with van der Waals surface area (Å²) in [4.78, 5) is 12.9. The van der Waals surface area contributed by atoms with Crippen LogP contribution >= 0.6 is 11.8 Å². The molecule has 8 aromatic rings. The van der Waals surface area contributed by atoms with Gasteiger partial charge in [0.2, 0.25) is 0 Å². The first-order valence-electron chi connectivity index (χ1n) is 20.3. The van der Waals surface area contributed by atoms with Crippen molar-refractivity contribution in [2.24, 2.45) is 23.7 Å². The highest BCUT2D eigenvalue weighted by Gasteiger charge is 2.62. The molecule has 0 saturated heterocycles. The zero-order valence-electron chi connectivity index (χ0n) is 30.9. The molecule has 4 fully saturated rings. The second-order valence-electron chi connectivity index (χ2n) is 16.9. The van der Waals surface area contributed by atoms with Gasteiger partial charge in [-0.05, 0) is 124 Å². The van der Waals surface area contributed by atoms with E-state index in [2.05, 4.69) is 146 Å². The predicted molar refractivity (Wildman–Crippen MR) is 227 cm³/mol. The Morgan fingerprint density at radius 3 is 1.82 bits per heavy atom. The molecule has 3 nitrogen and oxygen atoms in total. The van der Waals surface area contributed by atoms with E-state index in [1.54, 1.807) is 5.56 Å². The maximum absolute atomic E-state index is 7.07. The number of nitrogens with zero attached hydrogens (tertiary/aromatic N) is 2. The van der Waals surface area contributed by atoms with Crippen molar-refractivity contribution in [2.75, 3.05) is 0 Å². The van der Waals surface area contributed by atoms with E-state index in [-0.39, 0.29) is 5.41 Å². The van der Waals surface area contributed by atoms with Gasteiger partial charge >= 0.3 is 0 Å². The maximum atomic E-state index is 7.07. The smallest absolute Gasteiger partial charge is 0.160 e. The summed E-state index contributed by atoms with van der Waals surface area (Å²) in [5, 5.41) is 4.75. The average molecular weight is 739 g/mol. The van der Waals surface area contributed by atoms with Crippen molar-refractivity contribution in [2.45, 2.75) is 47.3 Å². The van der Waals surface area contributed by atoms with Crippen molar-refractivity contribution in [3.8, 4) is 56.5 Å². The van der Waals surface area contributed by atoms with Gasteiger partial charge in [-0.3, -0.25) is 0 Å². The molecule has 0 amide bonds. The first-order valence-corrected chi connectivity index (χ1v) is 21.1. The van der Waals surface area contributed by atoms with Gasteiger partial charge in [0, 0.05) is 27.7 Å². The van der Waals surface area contributed by atoms with Crippen LogP contribution in [0, 0.1) is 23.7 Å². The molecule has 5 aliphatic carbocycles. The molecular formula is C52H38N2OS. The van der Waals surface area contributed by atoms with E-state index >= 15 is 0 Å². The van der Waals surface area contributed by atoms with Crippen LogP contribution in [0.4, 0.5) is 0 Å². The van der Waals surface area contributed by atoms with E-state index in [1.807, 2.05) is 11.8 Å². The Balaban J connectivity index is 0.940. The van der Waals surface area contributed by atoms with Gasteiger partial charge < -0.3 is 4.74 Å². The molecule has 1 aliphatic heterocycles. The Bertz CT molecular complexity index is 2830. The largest absolute Gasteiger partial charge is 0.454 e. The minimum Gasteiger partial charge on any atom is -0.454 e. The third-order valence-electron chi connectivity index (χ3n) is 14.1. The van der Waals surface area contributed by atoms with Crippen LogP contribution in [-0.2, 0) is 5.41 Å². The van der Waals surface area contributed by atoms with Gasteiger partial charge in [0.15, 0.2) is 5.82 Å². The van der Waals surface area contributed by atoms with Gasteiger partial charge in [-0.1, -0.05) is 127 Å². The van der Waals surface area contributed by atoms with E-state index in [4.69, 9.17) is 14.7 Å². The molecule has 1 spiro atoms. The summed E-state index contributed by atoms with van der Waals surface area (Å²) in [6.45, 7) is 0. The van der Waals surface area contributed by atoms with Crippen molar-refractivity contribution >= 4 is 33.3 Å². The molecule has 0 atom stereocenters. The number of fused-ring (bicyclic) bond motifs is 8. The number of rotatable bonds is 3. The van der Waals surface area contributed by atoms with E-state index in [0.717, 1.165) is 68.1 Å². The number of ether oxygens (including phenoxy) is 1. The first-order chi connectivity index (χ1) is 27.7. The molecule has 1 aromatic heterocycles. The summed E-state index contributed by atoms with van der Waals surface area (Å²) < 4.78 is 7.07. The van der Waals surface area contributed by atoms with Crippen LogP contribution < -0.4 is 4.74 Å². The third-order valence-corrected chi connectivity index (χ3v) is 15.2. The summed E-state index contributed by atoms with van der Waals surface area (Å²) in [5.74, 6) is 5.96. The average Bonchev–Trinajstić information content (AvgIpc) is 3.55. The summed E-state index contributed by atoms with van der Waals surface area (Å²) in [5.41, 5.74) is 11.0. The maximum Gasteiger partial charge on any atom is 0.160 e. The fourth-order valence-electron chi connectivity index (χ4n) is 12.2. The molecule has 56 heavy (non-hydrogen) atoms. The van der Waals surface area contributed by atoms with E-state index in [9.17, 15) is 0 Å². The van der Waals surface area contributed by atoms with E-state index in [0.29, 0.717) is 5.82 Å². The van der Waals surface area contributed by atoms with Gasteiger partial charge in [-0.25, -0.2) is 9.97 Å². The molecule has 4 heteroatoms. The second-order valence-corrected chi connectivity index (χ2v) is 18.0. The quantitative estimate of drug-likeness (QED) is 0.181. The molecule has 4 bridgehead atoms. The van der Waals surface area contributed by atoms with E-state index < -0.39 is 0 Å². The summed E-state index contributed by atoms with van der Waals surface area (Å²) in [6, 6.07) is 52.9. The zero-order chi connectivity index (χ0) is 36.5. The molecule has 0 radical (unpaired) electrons. The van der Waals surface area contributed by atoms with Crippen molar-refractivity contribution in [3.05, 3.63) is 157 Å². The Labute approximate surface area is 330 Å². The van der Waals surface area contributed by atoms with Crippen LogP contribution in [0.15, 0.2) is 155 Å². The van der Waals surface area contributed by atoms with Gasteiger partial charge in [0.25, 0.3) is 0 Å². The van der Waals surface area contributed by atoms with Crippen LogP contribution in [0.2, 0.25) is 0 Å². The lowest BCUT2D eigenvalue weighted by Crippen LogP contribution is -2.55. The molecule has 2 heterocycles. The number of benzene rings is 7. The van der Waals surface area contributed by atoms with Crippen molar-refractivity contribution in [1.29, 1.82) is 0 Å². The Morgan fingerprint density at radius 1 is 0.518 bits per heavy atom. The number of hydrogen-bond acceptors (Lipinski definition) is 4. The minimum atomic E-state index is 0.126. The summed E-state index contributed by atoms with van der Waals surface area (Å²) in [7, 11) is 0. The lowest BCUT2D eigenvalue weighted by Gasteiger charge is -2.61. The first kappa shape index (κ1) is 31.5. The van der Waals surface area contributed by atoms with E-state index in [1.165, 1.54) is 75.2 Å². The monoisotopic (exact) mass is 738 g/mol. The van der Waals surface area contributed by atoms with Crippen LogP contribution in [0.3, 0.4) is 0 Å². The molecule has 4 saturated carbocycles. The van der Waals surface area contributed by atoms with Gasteiger partial charge in [0.1, 0.15) is 11.5 Å². The van der Waals surface area contributed by atoms with Crippen LogP contribution in [-0.4, -0.2) is 9.97 Å². The van der Waals surface area contributed by atoms with Gasteiger partial charge in [-0.15, -0.1) is 0 Å². The molecule has 6 aliphatic rings. The van der Waals surface area contributed by atoms with Gasteiger partial charge in [-0.2, -0.15) is 0 Å². The fraction of sp³-hybridized carbons (Fsp3) is 0.192. The fourth-order valence-corrected chi connectivity index (χ4v) is 13.2. The number of aromatic nitrogens is 2. The zero-order valence-corrected chi connectivity index (χ0v) is 31.7. The Hall–Kier alpha value is -5.71. The van der Waals surface area contributed by atoms with Gasteiger partial charge in [0.05, 0.1) is 21.2 Å². The second kappa shape index (κ2) is 11.7. The standard InChI is InChI=1S/C52H38N2OS/c1-3-13-37-32(9-1)11-7-16-39(37)44-29-45(40-17-8-12-33-10-2-4-14-38(33)40)54-51(53-44)34-19-21-46-48(28-34)56-47-22-20-43-49(50(47)55-46)41-15-5-6-18-42(41)52(43)35-24-30-23-31(26-35)27-36(52)25-30/h1-22,28-31,35-36H,23-27H2. The van der Waals surface area contributed by atoms with Crippen molar-refractivity contribution < 1.29 is 4.74 Å². The third kappa shape index (κ3) is 4.37. The van der Waals surface area contributed by atoms with Crippen LogP contribution in [0.1, 0.15) is 43.2 Å². The molecule has 14 rings (SSSR count). The number of hydrogen-bond donors (Lipinski definition) is 0. The Kier molecular flexibility index (Phi) is 6.56. The topological polar surface area (TPSA) is 35.0 Å². The van der Waals surface area contributed by atoms with Crippen LogP contribution in [0.25, 0.3) is 66.6 Å². The SMILES string of the molecule is c1ccc2c(c1)-c1c(ccc3c1Oc1ccc(-c4nc(-c5cccc6ccccc56)cc(-c5cccc6ccccc56)n4)cc1S3)C21C2CC3CC(C2)CC1C3. The predicted octanol–water partition coefficient (Wildman–Crippen LogP) is 13.8. The normalized spacial score (nSPS) is 23.5. The summed E-state index contributed by atoms with van der Waals surface area (Å²) in [6.07, 6.45) is 6.98. The summed E-state index contributed by atoms with van der Waals surface area (Å²) >= 11 is 1.82. The molecule has 0 N–H and O–H groups in total. The molecular weight excluding hydrogens is 701 g/mol. The highest BCUT2D eigenvalue weighted by Crippen LogP contribution is 2.71. The van der Waals surface area contributed by atoms with Crippen molar-refractivity contribution in [1.82, 2.24) is 9.97 Å². The Morgan fingerprint density at radius 2 is 1.12 bits per heavy atom. The lowest BCUT2D eigenvalue weighted by molar-refractivity contribution is -0.0399. The molecule has 268 valence electrons. The highest BCUT2D eigenvalue weighted by atomic mass is 32.2. The van der Waals surface area contributed by atoms with Crippen LogP contribution in [0.5, 0.6) is 11.5 Å². The lowest BCUT2D eigenvalue weighted by atomic mass is 9.43. The minimum absolute atomic E-state index is 0.126. The highest BCUT2D eigenvalue weighted by molar-refractivity contribution is 7.99. The molecule has 7 aromatic carbocycles.